The minimum Gasteiger partial charge on any atom is -0.370 e. The highest BCUT2D eigenvalue weighted by Crippen LogP contribution is 2.18. The number of aromatic nitrogens is 3. The molecule has 0 aliphatic carbocycles. The van der Waals surface area contributed by atoms with E-state index >= 15 is 0 Å². The molecule has 0 bridgehead atoms. The Hall–Kier alpha value is -3.19. The SMILES string of the molecule is CC.CCC(C)C.CCC(C)CC.CCCC.CCCC.CCCC(C)C.CCCCC.CCCCCCCN=C(N)N.CCCSC.CCCc1c[nH]c2ccccc12.CCCc1ccc(C)cc1.CCCc1cnc[nH]1. The van der Waals surface area contributed by atoms with E-state index in [1.54, 1.807) is 6.33 Å². The summed E-state index contributed by atoms with van der Waals surface area (Å²) in [5.41, 5.74) is 17.0. The number of aromatic amines is 2. The second-order valence-electron chi connectivity index (χ2n) is 20.6. The number of nitrogens with zero attached hydrogens (tertiary/aromatic N) is 2. The van der Waals surface area contributed by atoms with Crippen molar-refractivity contribution in [3.63, 3.8) is 0 Å². The monoisotopic (exact) mass is 1110 g/mol. The number of rotatable bonds is 23. The molecule has 2 aromatic heterocycles. The lowest BCUT2D eigenvalue weighted by Crippen LogP contribution is -2.22. The zero-order valence-electron chi connectivity index (χ0n) is 57.4. The number of aliphatic imine (C=N–C) groups is 1. The Morgan fingerprint density at radius 2 is 1.04 bits per heavy atom. The van der Waals surface area contributed by atoms with Gasteiger partial charge in [0.05, 0.1) is 6.33 Å². The number of nitrogens with one attached hydrogen (secondary N) is 2. The van der Waals surface area contributed by atoms with Crippen LogP contribution in [0, 0.1) is 24.7 Å². The molecule has 0 saturated carbocycles. The number of imidazole rings is 1. The van der Waals surface area contributed by atoms with Gasteiger partial charge in [-0.05, 0) is 86.0 Å². The van der Waals surface area contributed by atoms with Gasteiger partial charge in [0.25, 0.3) is 0 Å². The molecule has 0 unspecified atom stereocenters. The van der Waals surface area contributed by atoms with Crippen molar-refractivity contribution in [2.24, 2.45) is 34.2 Å². The summed E-state index contributed by atoms with van der Waals surface area (Å²) >= 11 is 1.90. The third-order valence-corrected chi connectivity index (χ3v) is 12.5. The predicted molar refractivity (Wildman–Crippen MR) is 370 cm³/mol. The number of H-pyrrole nitrogens is 2. The molecular formula is C71H144N6S. The van der Waals surface area contributed by atoms with Crippen LogP contribution in [0.1, 0.15) is 310 Å². The number of hydrogen-bond donors (Lipinski definition) is 4. The third kappa shape index (κ3) is 86.7. The van der Waals surface area contributed by atoms with Crippen LogP contribution in [-0.4, -0.2) is 39.5 Å². The number of guanidine groups is 1. The normalized spacial score (nSPS) is 9.32. The molecule has 0 aliphatic rings. The summed E-state index contributed by atoms with van der Waals surface area (Å²) in [6, 6.07) is 17.2. The van der Waals surface area contributed by atoms with Crippen LogP contribution in [0.25, 0.3) is 10.9 Å². The van der Waals surface area contributed by atoms with E-state index in [-0.39, 0.29) is 5.96 Å². The number of para-hydroxylation sites is 1. The number of hydrogen-bond acceptors (Lipinski definition) is 3. The van der Waals surface area contributed by atoms with E-state index < -0.39 is 0 Å². The minimum atomic E-state index is 0.209. The van der Waals surface area contributed by atoms with Crippen LogP contribution in [0.15, 0.2) is 72.2 Å². The lowest BCUT2D eigenvalue weighted by molar-refractivity contribution is 0.544. The maximum Gasteiger partial charge on any atom is 0.185 e. The zero-order chi connectivity index (χ0) is 61.5. The van der Waals surface area contributed by atoms with Gasteiger partial charge in [0.1, 0.15) is 0 Å². The first-order chi connectivity index (χ1) is 37.4. The van der Waals surface area contributed by atoms with Crippen molar-refractivity contribution in [1.29, 1.82) is 0 Å². The van der Waals surface area contributed by atoms with Crippen molar-refractivity contribution < 1.29 is 0 Å². The van der Waals surface area contributed by atoms with E-state index in [0.717, 1.165) is 37.1 Å². The molecule has 6 nitrogen and oxygen atoms in total. The lowest BCUT2D eigenvalue weighted by atomic mass is 10.1. The maximum absolute atomic E-state index is 5.16. The van der Waals surface area contributed by atoms with Gasteiger partial charge in [0, 0.05) is 35.5 Å². The number of unbranched alkanes of at least 4 members (excludes halogenated alkanes) is 8. The van der Waals surface area contributed by atoms with E-state index in [2.05, 4.69) is 226 Å². The van der Waals surface area contributed by atoms with Gasteiger partial charge in [-0.3, -0.25) is 4.99 Å². The van der Waals surface area contributed by atoms with Crippen molar-refractivity contribution in [1.82, 2.24) is 15.0 Å². The number of nitrogens with two attached hydrogens (primary N) is 2. The first-order valence-electron chi connectivity index (χ1n) is 32.6. The Morgan fingerprint density at radius 3 is 1.36 bits per heavy atom. The van der Waals surface area contributed by atoms with Crippen LogP contribution in [0.2, 0.25) is 0 Å². The highest BCUT2D eigenvalue weighted by molar-refractivity contribution is 7.98. The molecule has 2 aromatic carbocycles. The molecule has 0 atom stereocenters. The van der Waals surface area contributed by atoms with Crippen LogP contribution < -0.4 is 11.5 Å². The van der Waals surface area contributed by atoms with Crippen molar-refractivity contribution in [3.8, 4) is 0 Å². The van der Waals surface area contributed by atoms with Crippen molar-refractivity contribution >= 4 is 28.6 Å². The maximum atomic E-state index is 5.16. The molecule has 0 spiro atoms. The van der Waals surface area contributed by atoms with Crippen LogP contribution in [0.4, 0.5) is 0 Å². The second kappa shape index (κ2) is 82.6. The lowest BCUT2D eigenvalue weighted by Gasteiger charge is -1.98. The number of thioether (sulfide) groups is 1. The molecular weight excluding hydrogens is 969 g/mol. The predicted octanol–water partition coefficient (Wildman–Crippen LogP) is 24.2. The van der Waals surface area contributed by atoms with E-state index in [1.165, 1.54) is 180 Å². The summed E-state index contributed by atoms with van der Waals surface area (Å²) in [6.07, 6.45) is 38.5. The summed E-state index contributed by atoms with van der Waals surface area (Å²) in [6.45, 7) is 51.1. The molecule has 6 N–H and O–H groups in total. The highest BCUT2D eigenvalue weighted by atomic mass is 32.2. The summed E-state index contributed by atoms with van der Waals surface area (Å²) in [5.74, 6) is 4.23. The topological polar surface area (TPSA) is 109 Å². The van der Waals surface area contributed by atoms with Gasteiger partial charge < -0.3 is 21.4 Å². The molecule has 0 saturated heterocycles. The van der Waals surface area contributed by atoms with Gasteiger partial charge in [-0.25, -0.2) is 4.98 Å². The third-order valence-electron chi connectivity index (χ3n) is 11.7. The summed E-state index contributed by atoms with van der Waals surface area (Å²) in [4.78, 5) is 14.1. The van der Waals surface area contributed by atoms with Crippen molar-refractivity contribution in [2.45, 2.75) is 313 Å². The van der Waals surface area contributed by atoms with Gasteiger partial charge in [-0.1, -0.05) is 322 Å². The fourth-order valence-corrected chi connectivity index (χ4v) is 6.10. The van der Waals surface area contributed by atoms with Crippen molar-refractivity contribution in [2.75, 3.05) is 18.6 Å². The molecule has 4 rings (SSSR count). The Labute approximate surface area is 496 Å². The highest BCUT2D eigenvalue weighted by Gasteiger charge is 2.00. The minimum absolute atomic E-state index is 0.209. The number of benzene rings is 2. The molecule has 0 aliphatic heterocycles. The average Bonchev–Trinajstić information content (AvgIpc) is 4.13. The van der Waals surface area contributed by atoms with E-state index in [4.69, 9.17) is 11.5 Å². The molecule has 0 amide bonds. The standard InChI is InChI=1S/C11H13N.C10H14.C8H19N3.C6H10N2.2C6H14.2C5H12.C4H10S.2C4H10.C2H6/c1-2-5-9-8-12-11-7-4-3-6-10(9)11;1-3-4-10-7-5-9(2)6-8-10;1-2-3-4-5-6-7-11-8(9)10;1-2-3-6-4-7-5-8-6;1-4-5-6(2)3;1-4-6(3)5-2;1-4-5(2)3;1-3-5-4-2;1-3-4-5-2;2*1-3-4-2;1-2/h3-4,6-8,12H,2,5H2,1H3;5-8H,3-4H2,1-2H3;2-7H2,1H3,(H4,9,10,11);4-5H,2-3H2,1H3,(H,7,8);2*6H,4-5H2,1-3H3;5H,4H2,1-3H3;3-5H2,1-2H3;3-4H2,1-2H3;2*3-4H2,1-2H3;1-2H3. The molecule has 4 aromatic rings. The number of fused-ring (bicyclic) bond motifs is 1. The molecule has 7 heteroatoms. The van der Waals surface area contributed by atoms with Gasteiger partial charge in [0.2, 0.25) is 0 Å². The first-order valence-corrected chi connectivity index (χ1v) is 34.0. The van der Waals surface area contributed by atoms with E-state index in [9.17, 15) is 0 Å². The molecule has 464 valence electrons. The average molecular weight is 1110 g/mol. The van der Waals surface area contributed by atoms with E-state index in [0.29, 0.717) is 0 Å². The van der Waals surface area contributed by atoms with Crippen molar-refractivity contribution in [3.05, 3.63) is 89.6 Å². The fourth-order valence-electron chi connectivity index (χ4n) is 5.69. The van der Waals surface area contributed by atoms with Gasteiger partial charge in [0.15, 0.2) is 5.96 Å². The summed E-state index contributed by atoms with van der Waals surface area (Å²) in [7, 11) is 0. The van der Waals surface area contributed by atoms with Crippen LogP contribution >= 0.6 is 11.8 Å². The summed E-state index contributed by atoms with van der Waals surface area (Å²) in [5, 5.41) is 1.37. The number of aryl methyl sites for hydroxylation is 4. The zero-order valence-corrected chi connectivity index (χ0v) is 58.2. The smallest absolute Gasteiger partial charge is 0.185 e. The Balaban J connectivity index is -0.000000117. The van der Waals surface area contributed by atoms with Crippen LogP contribution in [-0.2, 0) is 19.3 Å². The fraction of sp³-hybridized carbons (Fsp3) is 0.746. The Kier molecular flexibility index (Phi) is 96.7. The Bertz CT molecular complexity index is 1530. The van der Waals surface area contributed by atoms with Crippen LogP contribution in [0.5, 0.6) is 0 Å². The van der Waals surface area contributed by atoms with Gasteiger partial charge in [-0.2, -0.15) is 11.8 Å². The summed E-state index contributed by atoms with van der Waals surface area (Å²) < 4.78 is 0. The Morgan fingerprint density at radius 1 is 0.538 bits per heavy atom. The van der Waals surface area contributed by atoms with E-state index in [1.807, 2.05) is 31.8 Å². The largest absolute Gasteiger partial charge is 0.370 e. The van der Waals surface area contributed by atoms with Gasteiger partial charge >= 0.3 is 0 Å². The quantitative estimate of drug-likeness (QED) is 0.0337. The van der Waals surface area contributed by atoms with Gasteiger partial charge in [-0.15, -0.1) is 0 Å². The van der Waals surface area contributed by atoms with Crippen LogP contribution in [0.3, 0.4) is 0 Å². The molecule has 0 fully saturated rings. The first kappa shape index (κ1) is 91.3. The second-order valence-corrected chi connectivity index (χ2v) is 21.6. The molecule has 2 heterocycles. The molecule has 78 heavy (non-hydrogen) atoms. The molecule has 0 radical (unpaired) electrons.